The van der Waals surface area contributed by atoms with Gasteiger partial charge in [0.05, 0.1) is 6.10 Å². The van der Waals surface area contributed by atoms with Gasteiger partial charge in [-0.2, -0.15) is 0 Å². The van der Waals surface area contributed by atoms with Gasteiger partial charge >= 0.3 is 0 Å². The molecule has 0 saturated heterocycles. The molecule has 1 aliphatic rings. The summed E-state index contributed by atoms with van der Waals surface area (Å²) in [7, 11) is 0. The highest BCUT2D eigenvalue weighted by Gasteiger charge is 2.24. The molecular weight excluding hydrogens is 268 g/mol. The first kappa shape index (κ1) is 11.9. The Morgan fingerprint density at radius 2 is 2.06 bits per heavy atom. The van der Waals surface area contributed by atoms with E-state index in [4.69, 9.17) is 4.74 Å². The van der Waals surface area contributed by atoms with Crippen molar-refractivity contribution in [2.24, 2.45) is 0 Å². The highest BCUT2D eigenvalue weighted by atomic mass is 79.9. The highest BCUT2D eigenvalue weighted by Crippen LogP contribution is 2.27. The molecule has 0 aromatic heterocycles. The van der Waals surface area contributed by atoms with E-state index >= 15 is 0 Å². The van der Waals surface area contributed by atoms with Gasteiger partial charge in [0, 0.05) is 4.47 Å². The Bertz CT molecular complexity index is 365. The smallest absolute Gasteiger partial charge is 0.124 e. The summed E-state index contributed by atoms with van der Waals surface area (Å²) in [6, 6.07) is 5.96. The third-order valence-electron chi connectivity index (χ3n) is 3.08. The average Bonchev–Trinajstić information content (AvgIpc) is 2.25. The Labute approximate surface area is 105 Å². The number of halogens is 1. The lowest BCUT2D eigenvalue weighted by Crippen LogP contribution is -2.34. The molecule has 0 radical (unpaired) electrons. The van der Waals surface area contributed by atoms with Crippen LogP contribution in [0.3, 0.4) is 0 Å². The van der Waals surface area contributed by atoms with Crippen LogP contribution < -0.4 is 4.74 Å². The average molecular weight is 285 g/mol. The van der Waals surface area contributed by atoms with Gasteiger partial charge in [0.2, 0.25) is 0 Å². The minimum absolute atomic E-state index is 0.0337. The normalized spacial score (nSPS) is 25.4. The van der Waals surface area contributed by atoms with E-state index in [9.17, 15) is 5.11 Å². The summed E-state index contributed by atoms with van der Waals surface area (Å²) < 4.78 is 6.94. The Hall–Kier alpha value is -0.540. The lowest BCUT2D eigenvalue weighted by atomic mass is 9.95. The highest BCUT2D eigenvalue weighted by molar-refractivity contribution is 9.10. The standard InChI is InChI=1S/C13H17BrO2/c1-9-8-10(14)6-7-12(9)16-13-5-3-2-4-11(13)15/h6-8,11,13,15H,2-5H2,1H3/t11-,13-/m0/s1. The molecule has 1 N–H and O–H groups in total. The second kappa shape index (κ2) is 5.19. The van der Waals surface area contributed by atoms with Crippen LogP contribution in [0.4, 0.5) is 0 Å². The Kier molecular flexibility index (Phi) is 3.87. The van der Waals surface area contributed by atoms with Crippen LogP contribution in [-0.4, -0.2) is 17.3 Å². The number of benzene rings is 1. The van der Waals surface area contributed by atoms with Gasteiger partial charge < -0.3 is 9.84 Å². The number of aliphatic hydroxyl groups is 1. The van der Waals surface area contributed by atoms with Gasteiger partial charge in [-0.05, 0) is 49.9 Å². The molecule has 1 fully saturated rings. The van der Waals surface area contributed by atoms with Crippen molar-refractivity contribution in [1.29, 1.82) is 0 Å². The number of aliphatic hydroxyl groups excluding tert-OH is 1. The van der Waals surface area contributed by atoms with Gasteiger partial charge in [-0.3, -0.25) is 0 Å². The predicted molar refractivity (Wildman–Crippen MR) is 67.8 cm³/mol. The second-order valence-corrected chi connectivity index (χ2v) is 5.33. The first-order chi connectivity index (χ1) is 7.66. The maximum absolute atomic E-state index is 9.84. The van der Waals surface area contributed by atoms with Crippen LogP contribution in [0.25, 0.3) is 0 Å². The van der Waals surface area contributed by atoms with Crippen LogP contribution in [0.1, 0.15) is 31.2 Å². The summed E-state index contributed by atoms with van der Waals surface area (Å²) >= 11 is 3.43. The zero-order valence-electron chi connectivity index (χ0n) is 9.45. The first-order valence-corrected chi connectivity index (χ1v) is 6.57. The number of rotatable bonds is 2. The Morgan fingerprint density at radius 1 is 1.31 bits per heavy atom. The molecule has 0 amide bonds. The van der Waals surface area contributed by atoms with Crippen molar-refractivity contribution in [3.8, 4) is 5.75 Å². The molecule has 2 rings (SSSR count). The maximum atomic E-state index is 9.84. The molecule has 1 aromatic carbocycles. The SMILES string of the molecule is Cc1cc(Br)ccc1O[C@H]1CCCC[C@@H]1O. The molecule has 0 spiro atoms. The van der Waals surface area contributed by atoms with Crippen molar-refractivity contribution in [3.63, 3.8) is 0 Å². The molecule has 0 aliphatic heterocycles. The van der Waals surface area contributed by atoms with Crippen LogP contribution in [0.15, 0.2) is 22.7 Å². The predicted octanol–water partition coefficient (Wildman–Crippen LogP) is 3.44. The third-order valence-corrected chi connectivity index (χ3v) is 3.58. The van der Waals surface area contributed by atoms with Crippen molar-refractivity contribution in [2.75, 3.05) is 0 Å². The van der Waals surface area contributed by atoms with Crippen LogP contribution in [0.5, 0.6) is 5.75 Å². The van der Waals surface area contributed by atoms with Crippen LogP contribution in [-0.2, 0) is 0 Å². The van der Waals surface area contributed by atoms with Crippen LogP contribution >= 0.6 is 15.9 Å². The fourth-order valence-corrected chi connectivity index (χ4v) is 2.60. The summed E-state index contributed by atoms with van der Waals surface area (Å²) in [5, 5.41) is 9.84. The lowest BCUT2D eigenvalue weighted by Gasteiger charge is -2.28. The van der Waals surface area contributed by atoms with E-state index < -0.39 is 0 Å². The van der Waals surface area contributed by atoms with Gasteiger partial charge in [0.15, 0.2) is 0 Å². The van der Waals surface area contributed by atoms with E-state index in [2.05, 4.69) is 15.9 Å². The number of ether oxygens (including phenoxy) is 1. The minimum Gasteiger partial charge on any atom is -0.487 e. The molecule has 1 aliphatic carbocycles. The molecule has 1 aromatic rings. The maximum Gasteiger partial charge on any atom is 0.124 e. The molecule has 0 unspecified atom stereocenters. The number of aryl methyl sites for hydroxylation is 1. The van der Waals surface area contributed by atoms with Gasteiger partial charge in [0.1, 0.15) is 11.9 Å². The van der Waals surface area contributed by atoms with Crippen molar-refractivity contribution < 1.29 is 9.84 Å². The van der Waals surface area contributed by atoms with Gasteiger partial charge in [-0.1, -0.05) is 22.4 Å². The molecule has 0 heterocycles. The molecule has 0 bridgehead atoms. The van der Waals surface area contributed by atoms with Gasteiger partial charge in [-0.15, -0.1) is 0 Å². The summed E-state index contributed by atoms with van der Waals surface area (Å²) in [5.74, 6) is 0.883. The minimum atomic E-state index is -0.309. The van der Waals surface area contributed by atoms with E-state index in [1.807, 2.05) is 25.1 Å². The molecule has 3 heteroatoms. The molecule has 1 saturated carbocycles. The molecular formula is C13H17BrO2. The van der Waals surface area contributed by atoms with Crippen LogP contribution in [0, 0.1) is 6.92 Å². The molecule has 88 valence electrons. The third kappa shape index (κ3) is 2.77. The Balaban J connectivity index is 2.07. The topological polar surface area (TPSA) is 29.5 Å². The van der Waals surface area contributed by atoms with Crippen LogP contribution in [0.2, 0.25) is 0 Å². The molecule has 2 atom stereocenters. The molecule has 2 nitrogen and oxygen atoms in total. The van der Waals surface area contributed by atoms with E-state index in [1.165, 1.54) is 0 Å². The number of hydrogen-bond acceptors (Lipinski definition) is 2. The van der Waals surface area contributed by atoms with Crippen molar-refractivity contribution in [2.45, 2.75) is 44.8 Å². The molecule has 16 heavy (non-hydrogen) atoms. The van der Waals surface area contributed by atoms with E-state index in [-0.39, 0.29) is 12.2 Å². The summed E-state index contributed by atoms with van der Waals surface area (Å²) in [6.07, 6.45) is 3.74. The van der Waals surface area contributed by atoms with E-state index in [1.54, 1.807) is 0 Å². The zero-order valence-corrected chi connectivity index (χ0v) is 11.0. The van der Waals surface area contributed by atoms with Crippen molar-refractivity contribution >= 4 is 15.9 Å². The summed E-state index contributed by atoms with van der Waals surface area (Å²) in [6.45, 7) is 2.02. The zero-order chi connectivity index (χ0) is 11.5. The lowest BCUT2D eigenvalue weighted by molar-refractivity contribution is 0.00654. The monoisotopic (exact) mass is 284 g/mol. The fourth-order valence-electron chi connectivity index (χ4n) is 2.12. The number of hydrogen-bond donors (Lipinski definition) is 1. The van der Waals surface area contributed by atoms with Crippen molar-refractivity contribution in [1.82, 2.24) is 0 Å². The second-order valence-electron chi connectivity index (χ2n) is 4.42. The fraction of sp³-hybridized carbons (Fsp3) is 0.538. The Morgan fingerprint density at radius 3 is 2.75 bits per heavy atom. The van der Waals surface area contributed by atoms with Crippen molar-refractivity contribution in [3.05, 3.63) is 28.2 Å². The first-order valence-electron chi connectivity index (χ1n) is 5.77. The van der Waals surface area contributed by atoms with E-state index in [0.717, 1.165) is 41.5 Å². The largest absolute Gasteiger partial charge is 0.487 e. The van der Waals surface area contributed by atoms with E-state index in [0.29, 0.717) is 0 Å². The quantitative estimate of drug-likeness (QED) is 0.902. The summed E-state index contributed by atoms with van der Waals surface area (Å²) in [5.41, 5.74) is 1.10. The summed E-state index contributed by atoms with van der Waals surface area (Å²) in [4.78, 5) is 0. The van der Waals surface area contributed by atoms with Gasteiger partial charge in [0.25, 0.3) is 0 Å². The van der Waals surface area contributed by atoms with Gasteiger partial charge in [-0.25, -0.2) is 0 Å².